The number of aliphatic carboxylic acids is 1. The van der Waals surface area contributed by atoms with Crippen molar-refractivity contribution in [1.82, 2.24) is 4.90 Å². The van der Waals surface area contributed by atoms with Crippen molar-refractivity contribution in [1.29, 1.82) is 0 Å². The molecule has 1 aliphatic rings. The molecule has 1 fully saturated rings. The van der Waals surface area contributed by atoms with Gasteiger partial charge in [0, 0.05) is 5.75 Å². The van der Waals surface area contributed by atoms with E-state index < -0.39 is 23.7 Å². The highest BCUT2D eigenvalue weighted by molar-refractivity contribution is 9.10. The monoisotopic (exact) mass is 347 g/mol. The number of carboxylic acid groups (broad SMARTS) is 1. The van der Waals surface area contributed by atoms with E-state index in [0.717, 1.165) is 0 Å². The number of carbonyl (C=O) groups is 2. The van der Waals surface area contributed by atoms with Crippen molar-refractivity contribution in [3.63, 3.8) is 0 Å². The second kappa shape index (κ2) is 5.50. The molecule has 102 valence electrons. The van der Waals surface area contributed by atoms with Crippen LogP contribution in [0.3, 0.4) is 0 Å². The van der Waals surface area contributed by atoms with Gasteiger partial charge in [-0.1, -0.05) is 6.07 Å². The number of nitrogens with zero attached hydrogens (tertiary/aromatic N) is 1. The summed E-state index contributed by atoms with van der Waals surface area (Å²) in [5, 5.41) is 8.83. The highest BCUT2D eigenvalue weighted by Crippen LogP contribution is 2.31. The molecule has 1 amide bonds. The lowest BCUT2D eigenvalue weighted by Gasteiger charge is -2.25. The van der Waals surface area contributed by atoms with Gasteiger partial charge in [-0.3, -0.25) is 4.79 Å². The maximum absolute atomic E-state index is 13.9. The minimum atomic E-state index is -1.07. The van der Waals surface area contributed by atoms with Gasteiger partial charge in [-0.15, -0.1) is 11.8 Å². The first-order valence-corrected chi connectivity index (χ1v) is 7.38. The minimum absolute atomic E-state index is 0.116. The van der Waals surface area contributed by atoms with E-state index in [9.17, 15) is 14.0 Å². The van der Waals surface area contributed by atoms with Gasteiger partial charge in [-0.25, -0.2) is 9.18 Å². The van der Waals surface area contributed by atoms with Crippen molar-refractivity contribution in [3.05, 3.63) is 34.1 Å². The Labute approximate surface area is 122 Å². The van der Waals surface area contributed by atoms with Crippen molar-refractivity contribution < 1.29 is 19.1 Å². The molecule has 1 saturated heterocycles. The summed E-state index contributed by atoms with van der Waals surface area (Å²) in [5.74, 6) is -2.01. The molecule has 0 aromatic heterocycles. The number of hydrogen-bond donors (Lipinski definition) is 1. The molecule has 2 unspecified atom stereocenters. The van der Waals surface area contributed by atoms with Crippen molar-refractivity contribution in [2.45, 2.75) is 18.3 Å². The van der Waals surface area contributed by atoms with Gasteiger partial charge >= 0.3 is 5.97 Å². The molecule has 1 aliphatic heterocycles. The Bertz CT molecular complexity index is 540. The number of rotatable bonds is 2. The van der Waals surface area contributed by atoms with Gasteiger partial charge in [-0.05, 0) is 35.0 Å². The van der Waals surface area contributed by atoms with Crippen LogP contribution in [0.4, 0.5) is 4.39 Å². The predicted molar refractivity (Wildman–Crippen MR) is 73.6 cm³/mol. The summed E-state index contributed by atoms with van der Waals surface area (Å²) in [5.41, 5.74) is -0.116. The molecule has 4 nitrogen and oxygen atoms in total. The van der Waals surface area contributed by atoms with Crippen molar-refractivity contribution >= 4 is 39.6 Å². The minimum Gasteiger partial charge on any atom is -0.480 e. The normalized spacial score (nSPS) is 22.6. The number of carbonyl (C=O) groups excluding carboxylic acids is 1. The molecule has 1 heterocycles. The Balaban J connectivity index is 2.37. The van der Waals surface area contributed by atoms with Crippen LogP contribution >= 0.6 is 27.7 Å². The van der Waals surface area contributed by atoms with Crippen molar-refractivity contribution in [2.75, 3.05) is 5.75 Å². The average molecular weight is 348 g/mol. The van der Waals surface area contributed by atoms with Gasteiger partial charge in [-0.2, -0.15) is 0 Å². The van der Waals surface area contributed by atoms with E-state index in [1.165, 1.54) is 28.8 Å². The third-order valence-electron chi connectivity index (χ3n) is 2.92. The van der Waals surface area contributed by atoms with Crippen LogP contribution in [-0.2, 0) is 4.79 Å². The number of amides is 1. The van der Waals surface area contributed by atoms with E-state index in [0.29, 0.717) is 5.75 Å². The van der Waals surface area contributed by atoms with Crippen LogP contribution < -0.4 is 0 Å². The van der Waals surface area contributed by atoms with E-state index in [2.05, 4.69) is 15.9 Å². The number of carboxylic acids is 1. The third-order valence-corrected chi connectivity index (χ3v) is 4.75. The summed E-state index contributed by atoms with van der Waals surface area (Å²) >= 11 is 4.38. The number of benzene rings is 1. The zero-order valence-electron chi connectivity index (χ0n) is 9.97. The van der Waals surface area contributed by atoms with Crippen molar-refractivity contribution in [2.24, 2.45) is 0 Å². The van der Waals surface area contributed by atoms with E-state index in [4.69, 9.17) is 5.11 Å². The van der Waals surface area contributed by atoms with E-state index >= 15 is 0 Å². The molecular formula is C12H11BrFNO3S. The van der Waals surface area contributed by atoms with Crippen molar-refractivity contribution in [3.8, 4) is 0 Å². The van der Waals surface area contributed by atoms with Crippen LogP contribution in [0, 0.1) is 5.82 Å². The van der Waals surface area contributed by atoms with E-state index in [1.54, 1.807) is 13.0 Å². The number of hydrogen-bond acceptors (Lipinski definition) is 3. The topological polar surface area (TPSA) is 57.6 Å². The Hall–Kier alpha value is -1.08. The molecule has 0 spiro atoms. The van der Waals surface area contributed by atoms with E-state index in [-0.39, 0.29) is 15.4 Å². The summed E-state index contributed by atoms with van der Waals surface area (Å²) < 4.78 is 14.1. The van der Waals surface area contributed by atoms with Crippen LogP contribution in [0.15, 0.2) is 22.7 Å². The smallest absolute Gasteiger partial charge is 0.327 e. The Morgan fingerprint density at radius 2 is 2.21 bits per heavy atom. The quantitative estimate of drug-likeness (QED) is 0.893. The van der Waals surface area contributed by atoms with Crippen LogP contribution in [-0.4, -0.2) is 39.1 Å². The summed E-state index contributed by atoms with van der Waals surface area (Å²) in [6, 6.07) is 3.48. The van der Waals surface area contributed by atoms with Gasteiger partial charge in [0.2, 0.25) is 0 Å². The fourth-order valence-electron chi connectivity index (χ4n) is 1.95. The van der Waals surface area contributed by atoms with Crippen LogP contribution in [0.5, 0.6) is 0 Å². The van der Waals surface area contributed by atoms with Crippen LogP contribution in [0.2, 0.25) is 0 Å². The first-order valence-electron chi connectivity index (χ1n) is 5.54. The molecule has 1 N–H and O–H groups in total. The van der Waals surface area contributed by atoms with Gasteiger partial charge in [0.05, 0.1) is 15.4 Å². The molecule has 1 aromatic carbocycles. The predicted octanol–water partition coefficient (Wildman–Crippen LogP) is 2.58. The molecule has 19 heavy (non-hydrogen) atoms. The third kappa shape index (κ3) is 2.62. The Morgan fingerprint density at radius 3 is 2.84 bits per heavy atom. The summed E-state index contributed by atoms with van der Waals surface area (Å²) in [7, 11) is 0. The Morgan fingerprint density at radius 1 is 1.53 bits per heavy atom. The lowest BCUT2D eigenvalue weighted by molar-refractivity contribution is -0.141. The SMILES string of the molecule is CC1SCC(C(=O)O)N1C(=O)c1cccc(Br)c1F. The summed E-state index contributed by atoms with van der Waals surface area (Å²) in [6.45, 7) is 1.74. The molecule has 0 saturated carbocycles. The molecule has 2 atom stereocenters. The fraction of sp³-hybridized carbons (Fsp3) is 0.333. The van der Waals surface area contributed by atoms with Crippen LogP contribution in [0.1, 0.15) is 17.3 Å². The molecule has 0 aliphatic carbocycles. The average Bonchev–Trinajstić information content (AvgIpc) is 2.74. The maximum Gasteiger partial charge on any atom is 0.327 e. The molecular weight excluding hydrogens is 337 g/mol. The van der Waals surface area contributed by atoms with Gasteiger partial charge in [0.15, 0.2) is 0 Å². The Kier molecular flexibility index (Phi) is 4.15. The second-order valence-electron chi connectivity index (χ2n) is 4.10. The summed E-state index contributed by atoms with van der Waals surface area (Å²) in [4.78, 5) is 24.7. The zero-order chi connectivity index (χ0) is 14.2. The van der Waals surface area contributed by atoms with Gasteiger partial charge in [0.25, 0.3) is 5.91 Å². The summed E-state index contributed by atoms with van der Waals surface area (Å²) in [6.07, 6.45) is 0. The van der Waals surface area contributed by atoms with Gasteiger partial charge in [0.1, 0.15) is 11.9 Å². The van der Waals surface area contributed by atoms with Gasteiger partial charge < -0.3 is 10.0 Å². The second-order valence-corrected chi connectivity index (χ2v) is 6.30. The maximum atomic E-state index is 13.9. The highest BCUT2D eigenvalue weighted by atomic mass is 79.9. The lowest BCUT2D eigenvalue weighted by Crippen LogP contribution is -2.45. The zero-order valence-corrected chi connectivity index (χ0v) is 12.4. The molecule has 0 radical (unpaired) electrons. The standard InChI is InChI=1S/C12H11BrFNO3S/c1-6-15(9(5-19-6)12(17)18)11(16)7-3-2-4-8(13)10(7)14/h2-4,6,9H,5H2,1H3,(H,17,18). The first kappa shape index (κ1) is 14.3. The molecule has 0 bridgehead atoms. The number of halogens is 2. The molecule has 7 heteroatoms. The van der Waals surface area contributed by atoms with Crippen LogP contribution in [0.25, 0.3) is 0 Å². The largest absolute Gasteiger partial charge is 0.480 e. The first-order chi connectivity index (χ1) is 8.93. The lowest BCUT2D eigenvalue weighted by atomic mass is 10.1. The molecule has 2 rings (SSSR count). The highest BCUT2D eigenvalue weighted by Gasteiger charge is 2.40. The van der Waals surface area contributed by atoms with E-state index in [1.807, 2.05) is 0 Å². The fourth-order valence-corrected chi connectivity index (χ4v) is 3.48. The number of thioether (sulfide) groups is 1. The molecule has 1 aromatic rings.